The number of pyridine rings is 1. The number of aromatic amines is 1. The summed E-state index contributed by atoms with van der Waals surface area (Å²) in [7, 11) is 1.62. The molecule has 3 aromatic carbocycles. The average molecular weight is 425 g/mol. The summed E-state index contributed by atoms with van der Waals surface area (Å²) < 4.78 is 5.31. The number of hydrogen-bond donors (Lipinski definition) is 2. The van der Waals surface area contributed by atoms with E-state index in [0.717, 1.165) is 45.5 Å². The SMILES string of the molecule is COc1ccc2c(c1)N(C(=O)Nc1ccc(-c3c[nH]c(=O)c4ccc(C)cc34)cc1)CC2. The van der Waals surface area contributed by atoms with E-state index in [1.165, 1.54) is 0 Å². The molecule has 0 saturated heterocycles. The number of carbonyl (C=O) groups excluding carboxylic acids is 1. The van der Waals surface area contributed by atoms with Gasteiger partial charge in [-0.3, -0.25) is 9.69 Å². The zero-order valence-corrected chi connectivity index (χ0v) is 17.9. The number of carbonyl (C=O) groups is 1. The molecule has 0 bridgehead atoms. The third-order valence-corrected chi connectivity index (χ3v) is 5.94. The smallest absolute Gasteiger partial charge is 0.326 e. The number of benzene rings is 3. The van der Waals surface area contributed by atoms with Crippen molar-refractivity contribution in [3.8, 4) is 16.9 Å². The third kappa shape index (κ3) is 3.50. The minimum atomic E-state index is -0.171. The minimum absolute atomic E-state index is 0.102. The van der Waals surface area contributed by atoms with Crippen LogP contribution in [0.5, 0.6) is 5.75 Å². The van der Waals surface area contributed by atoms with Crippen LogP contribution in [0.3, 0.4) is 0 Å². The van der Waals surface area contributed by atoms with Crippen LogP contribution in [-0.4, -0.2) is 24.7 Å². The molecule has 1 aliphatic rings. The van der Waals surface area contributed by atoms with E-state index in [0.29, 0.717) is 17.6 Å². The molecule has 0 spiro atoms. The number of aryl methyl sites for hydroxylation is 1. The fourth-order valence-corrected chi connectivity index (χ4v) is 4.23. The molecule has 0 radical (unpaired) electrons. The maximum absolute atomic E-state index is 12.9. The number of nitrogens with zero attached hydrogens (tertiary/aromatic N) is 1. The van der Waals surface area contributed by atoms with Crippen molar-refractivity contribution in [1.82, 2.24) is 4.98 Å². The van der Waals surface area contributed by atoms with E-state index < -0.39 is 0 Å². The van der Waals surface area contributed by atoms with Crippen LogP contribution in [0, 0.1) is 6.92 Å². The van der Waals surface area contributed by atoms with Gasteiger partial charge in [-0.1, -0.05) is 35.9 Å². The molecule has 2 amide bonds. The van der Waals surface area contributed by atoms with Crippen molar-refractivity contribution < 1.29 is 9.53 Å². The third-order valence-electron chi connectivity index (χ3n) is 5.94. The first-order valence-corrected chi connectivity index (χ1v) is 10.5. The van der Waals surface area contributed by atoms with Crippen LogP contribution < -0.4 is 20.5 Å². The normalized spacial score (nSPS) is 12.6. The maximum atomic E-state index is 12.9. The van der Waals surface area contributed by atoms with E-state index >= 15 is 0 Å². The Morgan fingerprint density at radius 3 is 2.62 bits per heavy atom. The van der Waals surface area contributed by atoms with Gasteiger partial charge in [0.15, 0.2) is 0 Å². The van der Waals surface area contributed by atoms with Crippen LogP contribution in [-0.2, 0) is 6.42 Å². The van der Waals surface area contributed by atoms with Gasteiger partial charge in [0, 0.05) is 35.4 Å². The molecule has 32 heavy (non-hydrogen) atoms. The van der Waals surface area contributed by atoms with Gasteiger partial charge in [0.2, 0.25) is 0 Å². The van der Waals surface area contributed by atoms with Gasteiger partial charge >= 0.3 is 6.03 Å². The number of methoxy groups -OCH3 is 1. The van der Waals surface area contributed by atoms with E-state index in [4.69, 9.17) is 4.74 Å². The molecule has 0 atom stereocenters. The summed E-state index contributed by atoms with van der Waals surface area (Å²) in [5, 5.41) is 4.56. The van der Waals surface area contributed by atoms with Gasteiger partial charge in [0.05, 0.1) is 12.8 Å². The number of ether oxygens (including phenoxy) is 1. The summed E-state index contributed by atoms with van der Waals surface area (Å²) in [6.45, 7) is 2.64. The summed E-state index contributed by atoms with van der Waals surface area (Å²) >= 11 is 0. The van der Waals surface area contributed by atoms with Gasteiger partial charge < -0.3 is 15.0 Å². The van der Waals surface area contributed by atoms with E-state index in [-0.39, 0.29) is 11.6 Å². The fraction of sp³-hybridized carbons (Fsp3) is 0.154. The highest BCUT2D eigenvalue weighted by atomic mass is 16.5. The molecule has 4 aromatic rings. The van der Waals surface area contributed by atoms with Gasteiger partial charge in [-0.25, -0.2) is 4.79 Å². The van der Waals surface area contributed by atoms with E-state index in [2.05, 4.69) is 10.3 Å². The first-order chi connectivity index (χ1) is 15.5. The molecule has 0 saturated carbocycles. The summed E-state index contributed by atoms with van der Waals surface area (Å²) in [5.74, 6) is 0.733. The second kappa shape index (κ2) is 7.89. The predicted octanol–water partition coefficient (Wildman–Crippen LogP) is 5.11. The first-order valence-electron chi connectivity index (χ1n) is 10.5. The van der Waals surface area contributed by atoms with Crippen LogP contribution in [0.25, 0.3) is 21.9 Å². The molecule has 6 heteroatoms. The number of fused-ring (bicyclic) bond motifs is 2. The average Bonchev–Trinajstić information content (AvgIpc) is 3.23. The van der Waals surface area contributed by atoms with Crippen molar-refractivity contribution in [2.45, 2.75) is 13.3 Å². The fourth-order valence-electron chi connectivity index (χ4n) is 4.23. The second-order valence-corrected chi connectivity index (χ2v) is 7.98. The Kier molecular flexibility index (Phi) is 4.90. The van der Waals surface area contributed by atoms with Crippen molar-refractivity contribution >= 4 is 28.2 Å². The minimum Gasteiger partial charge on any atom is -0.497 e. The summed E-state index contributed by atoms with van der Waals surface area (Å²) in [6.07, 6.45) is 2.57. The Morgan fingerprint density at radius 1 is 1.03 bits per heavy atom. The first kappa shape index (κ1) is 19.9. The zero-order chi connectivity index (χ0) is 22.2. The lowest BCUT2D eigenvalue weighted by atomic mass is 9.99. The molecule has 5 rings (SSSR count). The number of rotatable bonds is 3. The van der Waals surface area contributed by atoms with Crippen LogP contribution in [0.4, 0.5) is 16.2 Å². The Morgan fingerprint density at radius 2 is 1.84 bits per heavy atom. The molecular weight excluding hydrogens is 402 g/mol. The molecule has 1 aliphatic heterocycles. The molecule has 1 aromatic heterocycles. The Bertz CT molecular complexity index is 1390. The highest BCUT2D eigenvalue weighted by molar-refractivity contribution is 6.03. The molecule has 0 aliphatic carbocycles. The maximum Gasteiger partial charge on any atom is 0.326 e. The quantitative estimate of drug-likeness (QED) is 0.479. The topological polar surface area (TPSA) is 74.4 Å². The van der Waals surface area contributed by atoms with Crippen molar-refractivity contribution in [3.63, 3.8) is 0 Å². The van der Waals surface area contributed by atoms with Gasteiger partial charge in [-0.05, 0) is 54.1 Å². The summed E-state index contributed by atoms with van der Waals surface area (Å²) in [4.78, 5) is 29.7. The molecular formula is C26H23N3O3. The molecule has 6 nitrogen and oxygen atoms in total. The van der Waals surface area contributed by atoms with Crippen LogP contribution in [0.15, 0.2) is 71.7 Å². The molecule has 2 heterocycles. The van der Waals surface area contributed by atoms with Crippen molar-refractivity contribution in [1.29, 1.82) is 0 Å². The highest BCUT2D eigenvalue weighted by Crippen LogP contribution is 2.32. The lowest BCUT2D eigenvalue weighted by Gasteiger charge is -2.19. The number of anilines is 2. The van der Waals surface area contributed by atoms with Crippen molar-refractivity contribution in [2.24, 2.45) is 0 Å². The van der Waals surface area contributed by atoms with E-state index in [9.17, 15) is 9.59 Å². The number of nitrogens with one attached hydrogen (secondary N) is 2. The lowest BCUT2D eigenvalue weighted by Crippen LogP contribution is -2.33. The van der Waals surface area contributed by atoms with Crippen LogP contribution >= 0.6 is 0 Å². The molecule has 0 fully saturated rings. The zero-order valence-electron chi connectivity index (χ0n) is 17.9. The van der Waals surface area contributed by atoms with Crippen LogP contribution in [0.1, 0.15) is 11.1 Å². The van der Waals surface area contributed by atoms with Gasteiger partial charge in [0.25, 0.3) is 5.56 Å². The van der Waals surface area contributed by atoms with Crippen molar-refractivity contribution in [2.75, 3.05) is 23.9 Å². The Balaban J connectivity index is 1.40. The Labute approximate surface area is 185 Å². The number of aromatic nitrogens is 1. The predicted molar refractivity (Wildman–Crippen MR) is 128 cm³/mol. The van der Waals surface area contributed by atoms with Gasteiger partial charge in [-0.2, -0.15) is 0 Å². The molecule has 0 unspecified atom stereocenters. The van der Waals surface area contributed by atoms with Gasteiger partial charge in [0.1, 0.15) is 5.75 Å². The monoisotopic (exact) mass is 425 g/mol. The number of H-pyrrole nitrogens is 1. The summed E-state index contributed by atoms with van der Waals surface area (Å²) in [5.41, 5.74) is 5.63. The molecule has 160 valence electrons. The standard InChI is InChI=1S/C26H23N3O3/c1-16-3-10-21-22(13-16)23(15-27-25(21)30)17-4-7-19(8-5-17)28-26(31)29-12-11-18-6-9-20(32-2)14-24(18)29/h3-10,13-15H,11-12H2,1-2H3,(H,27,30)(H,28,31). The van der Waals surface area contributed by atoms with Crippen LogP contribution in [0.2, 0.25) is 0 Å². The summed E-state index contributed by atoms with van der Waals surface area (Å²) in [6, 6.07) is 19.1. The van der Waals surface area contributed by atoms with Gasteiger partial charge in [-0.15, -0.1) is 0 Å². The Hall–Kier alpha value is -4.06. The number of hydrogen-bond acceptors (Lipinski definition) is 3. The highest BCUT2D eigenvalue weighted by Gasteiger charge is 2.25. The lowest BCUT2D eigenvalue weighted by molar-refractivity contribution is 0.257. The van der Waals surface area contributed by atoms with E-state index in [1.807, 2.05) is 67.6 Å². The molecule has 2 N–H and O–H groups in total. The van der Waals surface area contributed by atoms with E-state index in [1.54, 1.807) is 18.2 Å². The second-order valence-electron chi connectivity index (χ2n) is 7.98. The largest absolute Gasteiger partial charge is 0.497 e. The van der Waals surface area contributed by atoms with Crippen molar-refractivity contribution in [3.05, 3.63) is 88.3 Å². The number of amides is 2. The number of urea groups is 1.